The van der Waals surface area contributed by atoms with Crippen LogP contribution in [0.5, 0.6) is 5.75 Å². The van der Waals surface area contributed by atoms with Crippen LogP contribution in [-0.2, 0) is 0 Å². The lowest BCUT2D eigenvalue weighted by Gasteiger charge is -2.00. The molecule has 1 heterocycles. The van der Waals surface area contributed by atoms with Gasteiger partial charge in [0, 0.05) is 10.3 Å². The zero-order valence-electron chi connectivity index (χ0n) is 5.91. The number of halogens is 1. The molecule has 0 saturated heterocycles. The quantitative estimate of drug-likeness (QED) is 0.646. The third-order valence-electron chi connectivity index (χ3n) is 1.64. The average molecular weight is 217 g/mol. The Kier molecular flexibility index (Phi) is 1.94. The fourth-order valence-corrected chi connectivity index (χ4v) is 2.58. The summed E-state index contributed by atoms with van der Waals surface area (Å²) in [5, 5.41) is 12.5. The maximum absolute atomic E-state index is 9.51. The number of rotatable bonds is 0. The van der Waals surface area contributed by atoms with Crippen molar-refractivity contribution in [3.63, 3.8) is 0 Å². The Morgan fingerprint density at radius 2 is 2.25 bits per heavy atom. The van der Waals surface area contributed by atoms with E-state index < -0.39 is 0 Å². The van der Waals surface area contributed by atoms with Crippen LogP contribution in [0, 0.1) is 0 Å². The third kappa shape index (κ3) is 1.09. The van der Waals surface area contributed by atoms with Gasteiger partial charge in [-0.25, -0.2) is 0 Å². The number of thiol groups is 1. The summed E-state index contributed by atoms with van der Waals surface area (Å²) in [6.45, 7) is 0. The standard InChI is InChI=1S/C8H5ClOS2/c9-5-3-6(11)8-4(7(5)10)1-2-12-8/h1-3,10-11H. The van der Waals surface area contributed by atoms with E-state index >= 15 is 0 Å². The van der Waals surface area contributed by atoms with Gasteiger partial charge in [-0.05, 0) is 17.5 Å². The van der Waals surface area contributed by atoms with Gasteiger partial charge in [-0.1, -0.05) is 11.6 Å². The molecule has 0 fully saturated rings. The molecular formula is C8H5ClOS2. The van der Waals surface area contributed by atoms with Crippen LogP contribution in [0.4, 0.5) is 0 Å². The summed E-state index contributed by atoms with van der Waals surface area (Å²) in [5.74, 6) is 0.144. The van der Waals surface area contributed by atoms with Crippen molar-refractivity contribution in [2.24, 2.45) is 0 Å². The second-order valence-corrected chi connectivity index (χ2v) is 4.19. The van der Waals surface area contributed by atoms with E-state index in [1.165, 1.54) is 0 Å². The number of hydrogen-bond donors (Lipinski definition) is 2. The molecule has 1 N–H and O–H groups in total. The molecule has 0 aliphatic carbocycles. The molecule has 1 aromatic carbocycles. The van der Waals surface area contributed by atoms with Crippen molar-refractivity contribution in [3.8, 4) is 5.75 Å². The molecule has 0 bridgehead atoms. The molecule has 12 heavy (non-hydrogen) atoms. The van der Waals surface area contributed by atoms with Gasteiger partial charge in [0.2, 0.25) is 0 Å². The summed E-state index contributed by atoms with van der Waals surface area (Å²) in [6, 6.07) is 3.49. The van der Waals surface area contributed by atoms with Gasteiger partial charge in [-0.2, -0.15) is 0 Å². The fraction of sp³-hybridized carbons (Fsp3) is 0. The molecule has 0 unspecified atom stereocenters. The Hall–Kier alpha value is -0.380. The van der Waals surface area contributed by atoms with Crippen LogP contribution in [0.3, 0.4) is 0 Å². The minimum Gasteiger partial charge on any atom is -0.506 e. The molecule has 0 aliphatic heterocycles. The van der Waals surface area contributed by atoms with Crippen molar-refractivity contribution in [1.82, 2.24) is 0 Å². The molecule has 2 rings (SSSR count). The SMILES string of the molecule is Oc1c(Cl)cc(S)c2sccc12. The maximum atomic E-state index is 9.51. The van der Waals surface area contributed by atoms with Gasteiger partial charge >= 0.3 is 0 Å². The van der Waals surface area contributed by atoms with Crippen molar-refractivity contribution < 1.29 is 5.11 Å². The predicted octanol–water partition coefficient (Wildman–Crippen LogP) is 3.55. The van der Waals surface area contributed by atoms with E-state index in [-0.39, 0.29) is 5.75 Å². The fourth-order valence-electron chi connectivity index (χ4n) is 1.08. The number of phenols is 1. The highest BCUT2D eigenvalue weighted by Gasteiger charge is 2.08. The van der Waals surface area contributed by atoms with E-state index in [4.69, 9.17) is 11.6 Å². The molecule has 1 nitrogen and oxygen atoms in total. The minimum absolute atomic E-state index is 0.144. The first-order valence-electron chi connectivity index (χ1n) is 3.28. The van der Waals surface area contributed by atoms with Gasteiger partial charge < -0.3 is 5.11 Å². The first-order valence-corrected chi connectivity index (χ1v) is 4.98. The summed E-state index contributed by atoms with van der Waals surface area (Å²) in [4.78, 5) is 0.808. The lowest BCUT2D eigenvalue weighted by molar-refractivity contribution is 0.482. The second kappa shape index (κ2) is 2.83. The van der Waals surface area contributed by atoms with Gasteiger partial charge in [-0.3, -0.25) is 0 Å². The summed E-state index contributed by atoms with van der Waals surface area (Å²) in [7, 11) is 0. The average Bonchev–Trinajstić information content (AvgIpc) is 2.48. The molecule has 0 spiro atoms. The zero-order chi connectivity index (χ0) is 8.72. The Balaban J connectivity index is 2.97. The largest absolute Gasteiger partial charge is 0.506 e. The second-order valence-electron chi connectivity index (χ2n) is 2.39. The van der Waals surface area contributed by atoms with Crippen molar-refractivity contribution >= 4 is 45.7 Å². The third-order valence-corrected chi connectivity index (χ3v) is 3.38. The Labute approximate surface area is 84.0 Å². The Morgan fingerprint density at radius 1 is 1.50 bits per heavy atom. The molecule has 0 atom stereocenters. The van der Waals surface area contributed by atoms with Crippen LogP contribution in [0.25, 0.3) is 10.1 Å². The van der Waals surface area contributed by atoms with Crippen molar-refractivity contribution in [2.75, 3.05) is 0 Å². The highest BCUT2D eigenvalue weighted by molar-refractivity contribution is 7.80. The summed E-state index contributed by atoms with van der Waals surface area (Å²) in [6.07, 6.45) is 0. The molecule has 0 amide bonds. The van der Waals surface area contributed by atoms with Gasteiger partial charge in [0.05, 0.1) is 9.72 Å². The predicted molar refractivity (Wildman–Crippen MR) is 55.8 cm³/mol. The zero-order valence-corrected chi connectivity index (χ0v) is 8.38. The van der Waals surface area contributed by atoms with Crippen LogP contribution >= 0.6 is 35.6 Å². The maximum Gasteiger partial charge on any atom is 0.142 e. The number of benzene rings is 1. The van der Waals surface area contributed by atoms with Crippen LogP contribution < -0.4 is 0 Å². The van der Waals surface area contributed by atoms with Crippen LogP contribution in [-0.4, -0.2) is 5.11 Å². The molecule has 62 valence electrons. The van der Waals surface area contributed by atoms with Crippen molar-refractivity contribution in [1.29, 1.82) is 0 Å². The molecular weight excluding hydrogens is 212 g/mol. The van der Waals surface area contributed by atoms with Crippen LogP contribution in [0.15, 0.2) is 22.4 Å². The molecule has 0 radical (unpaired) electrons. The molecule has 2 aromatic rings. The van der Waals surface area contributed by atoms with Gasteiger partial charge in [0.15, 0.2) is 0 Å². The molecule has 0 aliphatic rings. The van der Waals surface area contributed by atoms with Crippen molar-refractivity contribution in [3.05, 3.63) is 22.5 Å². The summed E-state index contributed by atoms with van der Waals surface area (Å²) in [5.41, 5.74) is 0. The molecule has 1 aromatic heterocycles. The van der Waals surface area contributed by atoms with E-state index in [2.05, 4.69) is 12.6 Å². The van der Waals surface area contributed by atoms with Crippen LogP contribution in [0.1, 0.15) is 0 Å². The number of fused-ring (bicyclic) bond motifs is 1. The number of aromatic hydroxyl groups is 1. The van der Waals surface area contributed by atoms with Gasteiger partial charge in [-0.15, -0.1) is 24.0 Å². The monoisotopic (exact) mass is 216 g/mol. The minimum atomic E-state index is 0.144. The van der Waals surface area contributed by atoms with E-state index in [1.54, 1.807) is 17.4 Å². The Bertz CT molecular complexity index is 436. The molecule has 0 saturated carbocycles. The van der Waals surface area contributed by atoms with Gasteiger partial charge in [0.25, 0.3) is 0 Å². The lowest BCUT2D eigenvalue weighted by Crippen LogP contribution is -1.71. The van der Waals surface area contributed by atoms with E-state index in [1.807, 2.05) is 11.4 Å². The lowest BCUT2D eigenvalue weighted by atomic mass is 10.2. The highest BCUT2D eigenvalue weighted by Crippen LogP contribution is 2.38. The summed E-state index contributed by atoms with van der Waals surface area (Å²) < 4.78 is 0.972. The topological polar surface area (TPSA) is 20.2 Å². The van der Waals surface area contributed by atoms with Crippen LogP contribution in [0.2, 0.25) is 5.02 Å². The van der Waals surface area contributed by atoms with E-state index in [0.717, 1.165) is 15.0 Å². The smallest absolute Gasteiger partial charge is 0.142 e. The first-order chi connectivity index (χ1) is 5.70. The summed E-state index contributed by atoms with van der Waals surface area (Å²) >= 11 is 11.5. The molecule has 4 heteroatoms. The van der Waals surface area contributed by atoms with E-state index in [0.29, 0.717) is 5.02 Å². The van der Waals surface area contributed by atoms with Gasteiger partial charge in [0.1, 0.15) is 5.75 Å². The number of hydrogen-bond acceptors (Lipinski definition) is 3. The highest BCUT2D eigenvalue weighted by atomic mass is 35.5. The number of phenolic OH excluding ortho intramolecular Hbond substituents is 1. The Morgan fingerprint density at radius 3 is 3.00 bits per heavy atom. The number of thiophene rings is 1. The first kappa shape index (κ1) is 8.23. The normalized spacial score (nSPS) is 10.8. The van der Waals surface area contributed by atoms with Crippen molar-refractivity contribution in [2.45, 2.75) is 4.90 Å². The van der Waals surface area contributed by atoms with E-state index in [9.17, 15) is 5.11 Å².